The molecule has 0 atom stereocenters. The van der Waals surface area contributed by atoms with E-state index in [1.165, 1.54) is 6.42 Å². The topological polar surface area (TPSA) is 66.9 Å². The lowest BCUT2D eigenvalue weighted by Crippen LogP contribution is -2.02. The molecule has 0 spiro atoms. The van der Waals surface area contributed by atoms with Crippen LogP contribution in [0.3, 0.4) is 0 Å². The fourth-order valence-corrected chi connectivity index (χ4v) is 0.311. The zero-order valence-corrected chi connectivity index (χ0v) is 4.48. The Kier molecular flexibility index (Phi) is 3.54. The van der Waals surface area contributed by atoms with Crippen molar-refractivity contribution in [2.24, 2.45) is 5.73 Å². The number of allylic oxidation sites excluding steroid dienone is 2. The van der Waals surface area contributed by atoms with Gasteiger partial charge in [0.15, 0.2) is 0 Å². The van der Waals surface area contributed by atoms with E-state index in [0.717, 1.165) is 18.2 Å². The predicted octanol–water partition coefficient (Wildman–Crippen LogP) is 0.524. The highest BCUT2D eigenvalue weighted by Gasteiger charge is 1.95. The number of nitrogens with two attached hydrogens (primary N) is 1. The van der Waals surface area contributed by atoms with Crippen molar-refractivity contribution >= 4 is 6.08 Å². The van der Waals surface area contributed by atoms with Crippen LogP contribution in [0.2, 0.25) is 0 Å². The highest BCUT2D eigenvalue weighted by Crippen LogP contribution is 2.09. The van der Waals surface area contributed by atoms with E-state index in [4.69, 9.17) is 15.9 Å². The molecule has 0 heterocycles. The molecule has 0 saturated heterocycles. The van der Waals surface area contributed by atoms with E-state index >= 15 is 0 Å². The molecule has 3 heteroatoms. The van der Waals surface area contributed by atoms with Crippen molar-refractivity contribution in [1.29, 1.82) is 5.41 Å². The molecule has 8 heavy (non-hydrogen) atoms. The molecule has 0 bridgehead atoms. The molecule has 44 valence electrons. The number of rotatable bonds is 0. The summed E-state index contributed by atoms with van der Waals surface area (Å²) in [6, 6.07) is 0. The summed E-state index contributed by atoms with van der Waals surface area (Å²) in [5, 5.41) is 5.40. The van der Waals surface area contributed by atoms with Gasteiger partial charge in [0.2, 0.25) is 6.08 Å². The second kappa shape index (κ2) is 4.09. The summed E-state index contributed by atoms with van der Waals surface area (Å²) in [5.74, 6) is 0. The maximum Gasteiger partial charge on any atom is 0.231 e. The quantitative estimate of drug-likeness (QED) is 0.354. The van der Waals surface area contributed by atoms with Gasteiger partial charge in [-0.3, -0.25) is 0 Å². The molecule has 1 aliphatic carbocycles. The third-order valence-corrected chi connectivity index (χ3v) is 0.840. The maximum atomic E-state index is 8.35. The van der Waals surface area contributed by atoms with Crippen molar-refractivity contribution in [1.82, 2.24) is 0 Å². The Morgan fingerprint density at radius 2 is 2.12 bits per heavy atom. The smallest absolute Gasteiger partial charge is 0.231 e. The summed E-state index contributed by atoms with van der Waals surface area (Å²) in [5.41, 5.74) is 6.30. The first-order valence-electron chi connectivity index (χ1n) is 2.29. The van der Waals surface area contributed by atoms with E-state index in [-0.39, 0.29) is 0 Å². The van der Waals surface area contributed by atoms with E-state index in [9.17, 15) is 0 Å². The van der Waals surface area contributed by atoms with Gasteiger partial charge in [-0.15, -0.1) is 0 Å². The lowest BCUT2D eigenvalue weighted by atomic mass is 10.1. The molecule has 0 aromatic heterocycles. The standard InChI is InChI=1S/C4H7N.CHNO/c5-4-2-1-3-4;2-1-3/h2H,1,3,5H2;2H. The Hall–Kier alpha value is -1.08. The van der Waals surface area contributed by atoms with E-state index in [2.05, 4.69) is 0 Å². The van der Waals surface area contributed by atoms with Crippen LogP contribution < -0.4 is 5.73 Å². The zero-order chi connectivity index (χ0) is 6.41. The average molecular weight is 112 g/mol. The van der Waals surface area contributed by atoms with Crippen molar-refractivity contribution in [3.63, 3.8) is 0 Å². The Morgan fingerprint density at radius 1 is 1.88 bits per heavy atom. The number of hydrogen-bond donors (Lipinski definition) is 2. The lowest BCUT2D eigenvalue weighted by Gasteiger charge is -2.05. The van der Waals surface area contributed by atoms with Crippen LogP contribution in [0.4, 0.5) is 0 Å². The van der Waals surface area contributed by atoms with Crippen LogP contribution in [0.1, 0.15) is 12.8 Å². The minimum Gasteiger partial charge on any atom is -0.402 e. The molecule has 3 nitrogen and oxygen atoms in total. The molecule has 1 rings (SSSR count). The number of nitrogens with one attached hydrogen (secondary N) is 1. The van der Waals surface area contributed by atoms with E-state index < -0.39 is 0 Å². The van der Waals surface area contributed by atoms with Crippen LogP contribution in [-0.4, -0.2) is 6.08 Å². The van der Waals surface area contributed by atoms with Crippen LogP contribution in [0, 0.1) is 5.41 Å². The minimum absolute atomic E-state index is 0.750. The Bertz CT molecular complexity index is 122. The zero-order valence-electron chi connectivity index (χ0n) is 4.48. The van der Waals surface area contributed by atoms with Gasteiger partial charge in [-0.25, -0.2) is 10.2 Å². The third kappa shape index (κ3) is 3.12. The molecular weight excluding hydrogens is 104 g/mol. The molecule has 0 saturated carbocycles. The van der Waals surface area contributed by atoms with Crippen LogP contribution in [0.5, 0.6) is 0 Å². The van der Waals surface area contributed by atoms with Crippen LogP contribution in [0.15, 0.2) is 11.8 Å². The first-order valence-corrected chi connectivity index (χ1v) is 2.29. The first-order chi connectivity index (χ1) is 3.81. The van der Waals surface area contributed by atoms with Gasteiger partial charge in [-0.1, -0.05) is 6.08 Å². The van der Waals surface area contributed by atoms with Crippen molar-refractivity contribution in [2.45, 2.75) is 12.8 Å². The second-order valence-electron chi connectivity index (χ2n) is 1.42. The highest BCUT2D eigenvalue weighted by molar-refractivity contribution is 5.26. The predicted molar refractivity (Wildman–Crippen MR) is 29.9 cm³/mol. The molecule has 0 aromatic rings. The molecule has 0 aliphatic heterocycles. The Balaban J connectivity index is 0.000000145. The van der Waals surface area contributed by atoms with Gasteiger partial charge >= 0.3 is 0 Å². The average Bonchev–Trinajstić information content (AvgIpc) is 1.64. The fourth-order valence-electron chi connectivity index (χ4n) is 0.311. The van der Waals surface area contributed by atoms with E-state index in [0.29, 0.717) is 0 Å². The molecular formula is C5H8N2O. The van der Waals surface area contributed by atoms with Gasteiger partial charge in [-0.05, 0) is 12.8 Å². The van der Waals surface area contributed by atoms with Crippen LogP contribution >= 0.6 is 0 Å². The summed E-state index contributed by atoms with van der Waals surface area (Å²) < 4.78 is 0. The number of isocyanates is 1. The van der Waals surface area contributed by atoms with Crippen molar-refractivity contribution in [3.05, 3.63) is 11.8 Å². The third-order valence-electron chi connectivity index (χ3n) is 0.840. The van der Waals surface area contributed by atoms with Crippen molar-refractivity contribution in [2.75, 3.05) is 0 Å². The fraction of sp³-hybridized carbons (Fsp3) is 0.400. The van der Waals surface area contributed by atoms with Gasteiger partial charge in [0, 0.05) is 5.70 Å². The van der Waals surface area contributed by atoms with Gasteiger partial charge in [0.1, 0.15) is 0 Å². The van der Waals surface area contributed by atoms with Gasteiger partial charge in [0.05, 0.1) is 0 Å². The Labute approximate surface area is 47.7 Å². The lowest BCUT2D eigenvalue weighted by molar-refractivity contribution is 0.563. The molecule has 0 fully saturated rings. The van der Waals surface area contributed by atoms with E-state index in [1.54, 1.807) is 0 Å². The minimum atomic E-state index is 0.750. The molecule has 3 N–H and O–H groups in total. The second-order valence-corrected chi connectivity index (χ2v) is 1.42. The summed E-state index contributed by atoms with van der Waals surface area (Å²) in [6.45, 7) is 0. The van der Waals surface area contributed by atoms with Gasteiger partial charge in [-0.2, -0.15) is 0 Å². The summed E-state index contributed by atoms with van der Waals surface area (Å²) in [6.07, 6.45) is 5.12. The monoisotopic (exact) mass is 112 g/mol. The van der Waals surface area contributed by atoms with Crippen molar-refractivity contribution < 1.29 is 4.79 Å². The molecule has 0 amide bonds. The summed E-state index contributed by atoms with van der Waals surface area (Å²) >= 11 is 0. The molecule has 1 aliphatic rings. The van der Waals surface area contributed by atoms with Crippen LogP contribution in [0.25, 0.3) is 0 Å². The molecule has 0 radical (unpaired) electrons. The largest absolute Gasteiger partial charge is 0.402 e. The van der Waals surface area contributed by atoms with E-state index in [1.807, 2.05) is 6.08 Å². The van der Waals surface area contributed by atoms with Gasteiger partial charge in [0.25, 0.3) is 0 Å². The maximum absolute atomic E-state index is 8.35. The SMILES string of the molecule is N=C=O.NC1=CCC1. The molecule has 0 aromatic carbocycles. The van der Waals surface area contributed by atoms with Crippen molar-refractivity contribution in [3.8, 4) is 0 Å². The normalized spacial score (nSPS) is 13.8. The Morgan fingerprint density at radius 3 is 2.12 bits per heavy atom. The summed E-state index contributed by atoms with van der Waals surface area (Å²) in [7, 11) is 0. The molecule has 0 unspecified atom stereocenters. The number of hydrogen-bond acceptors (Lipinski definition) is 3. The van der Waals surface area contributed by atoms with Gasteiger partial charge < -0.3 is 5.73 Å². The highest BCUT2D eigenvalue weighted by atomic mass is 16.1. The summed E-state index contributed by atoms with van der Waals surface area (Å²) in [4.78, 5) is 8.35. The number of carbonyl (C=O) groups excluding carboxylic acids is 1. The van der Waals surface area contributed by atoms with Crippen LogP contribution in [-0.2, 0) is 4.79 Å². The first kappa shape index (κ1) is 6.92.